The Bertz CT molecular complexity index is 724. The van der Waals surface area contributed by atoms with Gasteiger partial charge in [-0.2, -0.15) is 0 Å². The molecule has 0 bridgehead atoms. The van der Waals surface area contributed by atoms with Crippen molar-refractivity contribution in [3.8, 4) is 16.9 Å². The molecule has 4 heteroatoms. The summed E-state index contributed by atoms with van der Waals surface area (Å²) in [5, 5.41) is 0. The highest BCUT2D eigenvalue weighted by Crippen LogP contribution is 2.38. The van der Waals surface area contributed by atoms with Crippen LogP contribution in [0.25, 0.3) is 17.2 Å². The Labute approximate surface area is 128 Å². The highest BCUT2D eigenvalue weighted by atomic mass is 35.5. The number of hydrogen-bond donors (Lipinski definition) is 0. The summed E-state index contributed by atoms with van der Waals surface area (Å²) in [6.45, 7) is 0. The molecule has 0 unspecified atom stereocenters. The van der Waals surface area contributed by atoms with Gasteiger partial charge in [-0.3, -0.25) is 9.69 Å². The summed E-state index contributed by atoms with van der Waals surface area (Å²) in [6.07, 6.45) is 3.68. The number of benzene rings is 2. The fourth-order valence-electron chi connectivity index (χ4n) is 2.47. The maximum Gasteiger partial charge on any atom is 0.245 e. The molecule has 3 nitrogen and oxygen atoms in total. The van der Waals surface area contributed by atoms with Crippen LogP contribution in [0.3, 0.4) is 0 Å². The molecule has 0 radical (unpaired) electrons. The minimum atomic E-state index is -0.153. The molecule has 0 aromatic heterocycles. The number of alkyl halides is 1. The first-order valence-corrected chi connectivity index (χ1v) is 7.11. The van der Waals surface area contributed by atoms with Crippen LogP contribution in [0.2, 0.25) is 0 Å². The topological polar surface area (TPSA) is 29.5 Å². The Hall–Kier alpha value is -2.26. The zero-order valence-electron chi connectivity index (χ0n) is 11.5. The van der Waals surface area contributed by atoms with Crippen LogP contribution >= 0.6 is 11.6 Å². The van der Waals surface area contributed by atoms with Crippen LogP contribution in [0.4, 0.5) is 5.69 Å². The molecule has 0 fully saturated rings. The van der Waals surface area contributed by atoms with Gasteiger partial charge in [0.1, 0.15) is 11.6 Å². The molecule has 0 atom stereocenters. The second-order valence-electron chi connectivity index (χ2n) is 4.68. The summed E-state index contributed by atoms with van der Waals surface area (Å²) in [5.41, 5.74) is 3.88. The lowest BCUT2D eigenvalue weighted by Gasteiger charge is -2.19. The van der Waals surface area contributed by atoms with Gasteiger partial charge < -0.3 is 4.74 Å². The third kappa shape index (κ3) is 2.41. The van der Waals surface area contributed by atoms with Gasteiger partial charge in [0.15, 0.2) is 0 Å². The maximum absolute atomic E-state index is 12.1. The van der Waals surface area contributed by atoms with Crippen molar-refractivity contribution in [3.63, 3.8) is 0 Å². The average Bonchev–Trinajstić information content (AvgIpc) is 2.70. The molecule has 2 aromatic carbocycles. The van der Waals surface area contributed by atoms with Crippen molar-refractivity contribution < 1.29 is 9.53 Å². The van der Waals surface area contributed by atoms with Crippen molar-refractivity contribution in [2.45, 2.75) is 0 Å². The number of fused-ring (bicyclic) bond motifs is 3. The Morgan fingerprint density at radius 2 is 2.00 bits per heavy atom. The summed E-state index contributed by atoms with van der Waals surface area (Å²) < 4.78 is 5.31. The molecule has 21 heavy (non-hydrogen) atoms. The number of anilines is 1. The molecule has 106 valence electrons. The number of para-hydroxylation sites is 1. The van der Waals surface area contributed by atoms with Gasteiger partial charge in [-0.1, -0.05) is 24.3 Å². The Kier molecular flexibility index (Phi) is 3.67. The predicted octanol–water partition coefficient (Wildman–Crippen LogP) is 3.92. The van der Waals surface area contributed by atoms with E-state index in [-0.39, 0.29) is 11.8 Å². The van der Waals surface area contributed by atoms with Gasteiger partial charge in [-0.05, 0) is 35.4 Å². The first kappa shape index (κ1) is 13.7. The molecule has 2 aromatic rings. The first-order valence-electron chi connectivity index (χ1n) is 6.58. The molecule has 0 saturated carbocycles. The van der Waals surface area contributed by atoms with E-state index in [9.17, 15) is 4.79 Å². The number of amides is 1. The molecule has 1 amide bonds. The van der Waals surface area contributed by atoms with Crippen LogP contribution < -0.4 is 9.64 Å². The fourth-order valence-corrected chi connectivity index (χ4v) is 2.60. The van der Waals surface area contributed by atoms with E-state index in [0.29, 0.717) is 0 Å². The Morgan fingerprint density at radius 1 is 1.19 bits per heavy atom. The lowest BCUT2D eigenvalue weighted by molar-refractivity contribution is -0.115. The van der Waals surface area contributed by atoms with Crippen LogP contribution in [-0.2, 0) is 4.79 Å². The summed E-state index contributed by atoms with van der Waals surface area (Å²) >= 11 is 5.72. The maximum atomic E-state index is 12.1. The third-order valence-corrected chi connectivity index (χ3v) is 3.73. The smallest absolute Gasteiger partial charge is 0.245 e. The van der Waals surface area contributed by atoms with Crippen LogP contribution in [0, 0.1) is 0 Å². The van der Waals surface area contributed by atoms with E-state index in [2.05, 4.69) is 0 Å². The number of rotatable bonds is 2. The van der Waals surface area contributed by atoms with E-state index in [1.165, 1.54) is 0 Å². The largest absolute Gasteiger partial charge is 0.497 e. The number of nitrogens with zero attached hydrogens (tertiary/aromatic N) is 1. The average molecular weight is 300 g/mol. The lowest BCUT2D eigenvalue weighted by atomic mass is 9.98. The zero-order chi connectivity index (χ0) is 14.8. The minimum Gasteiger partial charge on any atom is -0.497 e. The highest BCUT2D eigenvalue weighted by molar-refractivity contribution is 6.30. The standard InChI is InChI=1S/C17H14ClNO2/c1-21-13-7-6-12-8-9-19(17(20)11-18)16-5-3-2-4-14(16)15(12)10-13/h2-10H,11H2,1H3. The lowest BCUT2D eigenvalue weighted by Crippen LogP contribution is -2.26. The van der Waals surface area contributed by atoms with Gasteiger partial charge in [0.25, 0.3) is 0 Å². The summed E-state index contributed by atoms with van der Waals surface area (Å²) in [4.78, 5) is 13.7. The highest BCUT2D eigenvalue weighted by Gasteiger charge is 2.20. The molecule has 1 aliphatic heterocycles. The van der Waals surface area contributed by atoms with Gasteiger partial charge in [-0.25, -0.2) is 0 Å². The second kappa shape index (κ2) is 5.62. The molecular weight excluding hydrogens is 286 g/mol. The molecule has 0 N–H and O–H groups in total. The first-order chi connectivity index (χ1) is 10.2. The van der Waals surface area contributed by atoms with Gasteiger partial charge in [0.05, 0.1) is 12.8 Å². The summed E-state index contributed by atoms with van der Waals surface area (Å²) in [7, 11) is 1.64. The number of carbonyl (C=O) groups is 1. The Balaban J connectivity index is 2.24. The van der Waals surface area contributed by atoms with Crippen LogP contribution in [0.1, 0.15) is 5.56 Å². The minimum absolute atomic E-state index is 0.0572. The predicted molar refractivity (Wildman–Crippen MR) is 85.7 cm³/mol. The molecule has 3 rings (SSSR count). The number of methoxy groups -OCH3 is 1. The van der Waals surface area contributed by atoms with Crippen molar-refractivity contribution in [1.82, 2.24) is 0 Å². The zero-order valence-corrected chi connectivity index (χ0v) is 12.3. The Morgan fingerprint density at radius 3 is 2.76 bits per heavy atom. The van der Waals surface area contributed by atoms with Crippen molar-refractivity contribution in [3.05, 3.63) is 54.2 Å². The molecule has 1 aliphatic rings. The normalized spacial score (nSPS) is 12.4. The van der Waals surface area contributed by atoms with E-state index in [1.807, 2.05) is 48.5 Å². The van der Waals surface area contributed by atoms with Gasteiger partial charge in [0, 0.05) is 11.8 Å². The fraction of sp³-hybridized carbons (Fsp3) is 0.118. The molecule has 0 saturated heterocycles. The van der Waals surface area contributed by atoms with Crippen molar-refractivity contribution in [2.75, 3.05) is 17.9 Å². The number of hydrogen-bond acceptors (Lipinski definition) is 2. The van der Waals surface area contributed by atoms with E-state index in [0.717, 1.165) is 28.1 Å². The SMILES string of the molecule is COc1ccc2c(c1)-c1ccccc1N(C(=O)CCl)C=C2. The van der Waals surface area contributed by atoms with Crippen LogP contribution in [0.5, 0.6) is 5.75 Å². The van der Waals surface area contributed by atoms with Gasteiger partial charge >= 0.3 is 0 Å². The van der Waals surface area contributed by atoms with E-state index >= 15 is 0 Å². The third-order valence-electron chi connectivity index (χ3n) is 3.50. The van der Waals surface area contributed by atoms with E-state index in [4.69, 9.17) is 16.3 Å². The van der Waals surface area contributed by atoms with Crippen molar-refractivity contribution in [2.24, 2.45) is 0 Å². The number of carbonyl (C=O) groups excluding carboxylic acids is 1. The quantitative estimate of drug-likeness (QED) is 0.787. The summed E-state index contributed by atoms with van der Waals surface area (Å²) in [6, 6.07) is 13.6. The van der Waals surface area contributed by atoms with E-state index in [1.54, 1.807) is 18.2 Å². The number of ether oxygens (including phenoxy) is 1. The summed E-state index contributed by atoms with van der Waals surface area (Å²) in [5.74, 6) is 0.576. The van der Waals surface area contributed by atoms with Crippen LogP contribution in [-0.4, -0.2) is 18.9 Å². The van der Waals surface area contributed by atoms with Gasteiger partial charge in [-0.15, -0.1) is 11.6 Å². The number of halogens is 1. The molecule has 1 heterocycles. The molecule has 0 spiro atoms. The van der Waals surface area contributed by atoms with Crippen molar-refractivity contribution in [1.29, 1.82) is 0 Å². The van der Waals surface area contributed by atoms with Gasteiger partial charge in [0.2, 0.25) is 5.91 Å². The van der Waals surface area contributed by atoms with Crippen LogP contribution in [0.15, 0.2) is 48.7 Å². The monoisotopic (exact) mass is 299 g/mol. The van der Waals surface area contributed by atoms with E-state index < -0.39 is 0 Å². The second-order valence-corrected chi connectivity index (χ2v) is 4.95. The molecular formula is C17H14ClNO2. The molecule has 0 aliphatic carbocycles. The van der Waals surface area contributed by atoms with Crippen molar-refractivity contribution >= 4 is 29.3 Å².